The van der Waals surface area contributed by atoms with E-state index in [1.807, 2.05) is 45.0 Å². The first kappa shape index (κ1) is 18.1. The van der Waals surface area contributed by atoms with Crippen molar-refractivity contribution in [2.45, 2.75) is 53.2 Å². The van der Waals surface area contributed by atoms with Gasteiger partial charge in [-0.2, -0.15) is 0 Å². The van der Waals surface area contributed by atoms with Gasteiger partial charge in [0, 0.05) is 0 Å². The molecule has 0 saturated heterocycles. The summed E-state index contributed by atoms with van der Waals surface area (Å²) in [5.41, 5.74) is 4.77. The fourth-order valence-electron chi connectivity index (χ4n) is 2.53. The molecule has 128 valence electrons. The van der Waals surface area contributed by atoms with Gasteiger partial charge in [0.05, 0.1) is 6.04 Å². The van der Waals surface area contributed by atoms with Gasteiger partial charge in [-0.05, 0) is 62.9 Å². The van der Waals surface area contributed by atoms with Gasteiger partial charge in [-0.3, -0.25) is 4.79 Å². The Bertz CT molecular complexity index is 691. The van der Waals surface area contributed by atoms with E-state index < -0.39 is 6.10 Å². The molecule has 0 radical (unpaired) electrons. The Balaban J connectivity index is 2.02. The Kier molecular flexibility index (Phi) is 6.02. The van der Waals surface area contributed by atoms with Crippen LogP contribution in [0.25, 0.3) is 0 Å². The van der Waals surface area contributed by atoms with Gasteiger partial charge >= 0.3 is 0 Å². The molecule has 0 aromatic heterocycles. The van der Waals surface area contributed by atoms with Crippen molar-refractivity contribution in [3.8, 4) is 5.75 Å². The summed E-state index contributed by atoms with van der Waals surface area (Å²) >= 11 is 0. The zero-order valence-corrected chi connectivity index (χ0v) is 15.2. The van der Waals surface area contributed by atoms with E-state index in [9.17, 15) is 4.79 Å². The van der Waals surface area contributed by atoms with Crippen LogP contribution in [0.3, 0.4) is 0 Å². The van der Waals surface area contributed by atoms with Crippen molar-refractivity contribution < 1.29 is 9.53 Å². The first-order chi connectivity index (χ1) is 11.4. The van der Waals surface area contributed by atoms with Crippen LogP contribution in [0.15, 0.2) is 42.5 Å². The highest BCUT2D eigenvalue weighted by Gasteiger charge is 2.20. The smallest absolute Gasteiger partial charge is 0.261 e. The van der Waals surface area contributed by atoms with Crippen molar-refractivity contribution in [3.05, 3.63) is 64.7 Å². The second-order valence-electron chi connectivity index (χ2n) is 6.40. The van der Waals surface area contributed by atoms with Crippen LogP contribution < -0.4 is 10.1 Å². The van der Waals surface area contributed by atoms with Gasteiger partial charge in [0.2, 0.25) is 0 Å². The van der Waals surface area contributed by atoms with Crippen LogP contribution in [-0.2, 0) is 4.79 Å². The van der Waals surface area contributed by atoms with Gasteiger partial charge < -0.3 is 10.1 Å². The number of hydrogen-bond acceptors (Lipinski definition) is 2. The summed E-state index contributed by atoms with van der Waals surface area (Å²) in [5.74, 6) is 0.644. The SMILES string of the molecule is CC[C@@H](Oc1ccc(C)cc1)C(=O)N[C@@H](C)c1ccc(C)c(C)c1. The molecule has 0 aliphatic heterocycles. The van der Waals surface area contributed by atoms with Crippen molar-refractivity contribution in [2.75, 3.05) is 0 Å². The minimum Gasteiger partial charge on any atom is -0.481 e. The Morgan fingerprint density at radius 2 is 1.71 bits per heavy atom. The average molecular weight is 325 g/mol. The first-order valence-corrected chi connectivity index (χ1v) is 8.51. The monoisotopic (exact) mass is 325 g/mol. The van der Waals surface area contributed by atoms with Gasteiger partial charge in [-0.1, -0.05) is 42.8 Å². The summed E-state index contributed by atoms with van der Waals surface area (Å²) in [7, 11) is 0. The lowest BCUT2D eigenvalue weighted by Crippen LogP contribution is -2.39. The maximum Gasteiger partial charge on any atom is 0.261 e. The zero-order valence-electron chi connectivity index (χ0n) is 15.2. The molecule has 0 fully saturated rings. The number of hydrogen-bond donors (Lipinski definition) is 1. The van der Waals surface area contributed by atoms with Crippen molar-refractivity contribution in [3.63, 3.8) is 0 Å². The molecular formula is C21H27NO2. The molecule has 3 heteroatoms. The van der Waals surface area contributed by atoms with Crippen LogP contribution in [-0.4, -0.2) is 12.0 Å². The minimum absolute atomic E-state index is 0.0486. The Morgan fingerprint density at radius 1 is 1.04 bits per heavy atom. The van der Waals surface area contributed by atoms with E-state index in [1.54, 1.807) is 0 Å². The van der Waals surface area contributed by atoms with Crippen LogP contribution in [0.2, 0.25) is 0 Å². The minimum atomic E-state index is -0.485. The molecule has 2 aromatic carbocycles. The lowest BCUT2D eigenvalue weighted by Gasteiger charge is -2.21. The van der Waals surface area contributed by atoms with Crippen molar-refractivity contribution >= 4 is 5.91 Å². The van der Waals surface area contributed by atoms with Gasteiger partial charge in [-0.25, -0.2) is 0 Å². The molecule has 24 heavy (non-hydrogen) atoms. The summed E-state index contributed by atoms with van der Waals surface area (Å²) in [5, 5.41) is 3.06. The molecule has 0 heterocycles. The Hall–Kier alpha value is -2.29. The van der Waals surface area contributed by atoms with Crippen LogP contribution in [0.5, 0.6) is 5.75 Å². The molecule has 0 unspecified atom stereocenters. The van der Waals surface area contributed by atoms with Crippen molar-refractivity contribution in [1.82, 2.24) is 5.32 Å². The largest absolute Gasteiger partial charge is 0.481 e. The predicted molar refractivity (Wildman–Crippen MR) is 98.4 cm³/mol. The second kappa shape index (κ2) is 8.00. The van der Waals surface area contributed by atoms with Crippen LogP contribution >= 0.6 is 0 Å². The number of ether oxygens (including phenoxy) is 1. The van der Waals surface area contributed by atoms with Gasteiger partial charge in [-0.15, -0.1) is 0 Å². The standard InChI is InChI=1S/C21H27NO2/c1-6-20(24-19-11-7-14(2)8-12-19)21(23)22-17(5)18-10-9-15(3)16(4)13-18/h7-13,17,20H,6H2,1-5H3,(H,22,23)/t17-,20+/m0/s1. The van der Waals surface area contributed by atoms with E-state index in [4.69, 9.17) is 4.74 Å². The fraction of sp³-hybridized carbons (Fsp3) is 0.381. The molecule has 1 amide bonds. The Labute approximate surface area is 145 Å². The highest BCUT2D eigenvalue weighted by Crippen LogP contribution is 2.18. The highest BCUT2D eigenvalue weighted by atomic mass is 16.5. The Morgan fingerprint density at radius 3 is 2.29 bits per heavy atom. The first-order valence-electron chi connectivity index (χ1n) is 8.51. The lowest BCUT2D eigenvalue weighted by molar-refractivity contribution is -0.128. The van der Waals surface area contributed by atoms with E-state index in [2.05, 4.69) is 37.4 Å². The lowest BCUT2D eigenvalue weighted by atomic mass is 10.0. The third-order valence-corrected chi connectivity index (χ3v) is 4.35. The van der Waals surface area contributed by atoms with E-state index in [-0.39, 0.29) is 11.9 Å². The van der Waals surface area contributed by atoms with Crippen LogP contribution in [0.4, 0.5) is 0 Å². The van der Waals surface area contributed by atoms with E-state index in [0.717, 1.165) is 11.3 Å². The number of carbonyl (C=O) groups excluding carboxylic acids is 1. The summed E-state index contributed by atoms with van der Waals surface area (Å²) in [6, 6.07) is 14.0. The van der Waals surface area contributed by atoms with E-state index in [1.165, 1.54) is 16.7 Å². The molecule has 2 atom stereocenters. The third-order valence-electron chi connectivity index (χ3n) is 4.35. The van der Waals surface area contributed by atoms with Crippen molar-refractivity contribution in [2.24, 2.45) is 0 Å². The number of rotatable bonds is 6. The molecule has 0 aliphatic rings. The molecule has 1 N–H and O–H groups in total. The van der Waals surface area contributed by atoms with Gasteiger partial charge in [0.15, 0.2) is 6.10 Å². The number of amides is 1. The molecule has 0 saturated carbocycles. The molecule has 2 aromatic rings. The zero-order chi connectivity index (χ0) is 17.7. The molecule has 0 spiro atoms. The maximum absolute atomic E-state index is 12.5. The summed E-state index contributed by atoms with van der Waals surface area (Å²) in [4.78, 5) is 12.5. The number of aryl methyl sites for hydroxylation is 3. The second-order valence-corrected chi connectivity index (χ2v) is 6.40. The van der Waals surface area contributed by atoms with Crippen LogP contribution in [0, 0.1) is 20.8 Å². The molecule has 0 aliphatic carbocycles. The average Bonchev–Trinajstić information content (AvgIpc) is 2.56. The summed E-state index contributed by atoms with van der Waals surface area (Å²) < 4.78 is 5.85. The number of carbonyl (C=O) groups is 1. The fourth-order valence-corrected chi connectivity index (χ4v) is 2.53. The van der Waals surface area contributed by atoms with Crippen molar-refractivity contribution in [1.29, 1.82) is 0 Å². The number of benzene rings is 2. The quantitative estimate of drug-likeness (QED) is 0.840. The van der Waals surface area contributed by atoms with E-state index >= 15 is 0 Å². The summed E-state index contributed by atoms with van der Waals surface area (Å²) in [6.07, 6.45) is 0.140. The molecule has 3 nitrogen and oxygen atoms in total. The van der Waals surface area contributed by atoms with E-state index in [0.29, 0.717) is 6.42 Å². The molecular weight excluding hydrogens is 298 g/mol. The maximum atomic E-state index is 12.5. The summed E-state index contributed by atoms with van der Waals surface area (Å²) in [6.45, 7) is 10.2. The van der Waals surface area contributed by atoms with Gasteiger partial charge in [0.25, 0.3) is 5.91 Å². The van der Waals surface area contributed by atoms with Gasteiger partial charge in [0.1, 0.15) is 5.75 Å². The third kappa shape index (κ3) is 4.60. The predicted octanol–water partition coefficient (Wildman–Crippen LogP) is 4.65. The topological polar surface area (TPSA) is 38.3 Å². The van der Waals surface area contributed by atoms with Crippen LogP contribution in [0.1, 0.15) is 48.6 Å². The molecule has 2 rings (SSSR count). The molecule has 0 bridgehead atoms. The highest BCUT2D eigenvalue weighted by molar-refractivity contribution is 5.81. The number of nitrogens with one attached hydrogen (secondary N) is 1. The normalized spacial score (nSPS) is 13.2.